The second-order valence-corrected chi connectivity index (χ2v) is 5.58. The van der Waals surface area contributed by atoms with Crippen LogP contribution >= 0.6 is 0 Å². The first-order valence-electron chi connectivity index (χ1n) is 4.61. The van der Waals surface area contributed by atoms with Crippen molar-refractivity contribution in [1.29, 1.82) is 0 Å². The molecule has 0 aromatic heterocycles. The molecule has 1 atom stereocenters. The monoisotopic (exact) mass is 189 g/mol. The molecule has 1 rings (SSSR count). The SMILES string of the molecule is CO[SiH](OC)N1CCCCC1C. The quantitative estimate of drug-likeness (QED) is 0.615. The van der Waals surface area contributed by atoms with Crippen LogP contribution in [0.25, 0.3) is 0 Å². The molecule has 1 fully saturated rings. The Morgan fingerprint density at radius 1 is 1.25 bits per heavy atom. The lowest BCUT2D eigenvalue weighted by Crippen LogP contribution is -2.50. The molecule has 0 N–H and O–H groups in total. The molecule has 0 radical (unpaired) electrons. The van der Waals surface area contributed by atoms with Crippen LogP contribution in [0, 0.1) is 0 Å². The maximum absolute atomic E-state index is 5.35. The first-order valence-corrected chi connectivity index (χ1v) is 6.07. The van der Waals surface area contributed by atoms with Gasteiger partial charge < -0.3 is 8.85 Å². The number of piperidine rings is 1. The number of rotatable bonds is 3. The largest absolute Gasteiger partial charge is 0.410 e. The van der Waals surface area contributed by atoms with Gasteiger partial charge in [-0.1, -0.05) is 13.3 Å². The van der Waals surface area contributed by atoms with Crippen molar-refractivity contribution in [2.24, 2.45) is 0 Å². The molecule has 0 aliphatic carbocycles. The normalized spacial score (nSPS) is 26.5. The minimum Gasteiger partial charge on any atom is -0.388 e. The van der Waals surface area contributed by atoms with Gasteiger partial charge in [-0.2, -0.15) is 0 Å². The Hall–Kier alpha value is 0.0969. The molecule has 0 aromatic rings. The average molecular weight is 189 g/mol. The van der Waals surface area contributed by atoms with E-state index in [1.165, 1.54) is 19.3 Å². The molecule has 0 amide bonds. The van der Waals surface area contributed by atoms with Gasteiger partial charge in [0.25, 0.3) is 0 Å². The highest BCUT2D eigenvalue weighted by Gasteiger charge is 2.28. The van der Waals surface area contributed by atoms with Crippen molar-refractivity contribution in [3.05, 3.63) is 0 Å². The molecule has 4 heteroatoms. The fraction of sp³-hybridized carbons (Fsp3) is 1.00. The van der Waals surface area contributed by atoms with E-state index in [1.54, 1.807) is 14.2 Å². The molecule has 1 unspecified atom stereocenters. The third kappa shape index (κ3) is 2.29. The highest BCUT2D eigenvalue weighted by Crippen LogP contribution is 2.17. The molecule has 0 aromatic carbocycles. The van der Waals surface area contributed by atoms with Gasteiger partial charge in [-0.25, -0.2) is 0 Å². The standard InChI is InChI=1S/C8H19NO2Si/c1-8-6-4-5-7-9(8)12(10-2)11-3/h8,12H,4-7H2,1-3H3. The summed E-state index contributed by atoms with van der Waals surface area (Å²) in [5.74, 6) is 0. The van der Waals surface area contributed by atoms with Crippen LogP contribution in [0.3, 0.4) is 0 Å². The van der Waals surface area contributed by atoms with Gasteiger partial charge in [0.2, 0.25) is 0 Å². The Bertz CT molecular complexity index is 130. The van der Waals surface area contributed by atoms with E-state index in [0.717, 1.165) is 6.54 Å². The van der Waals surface area contributed by atoms with Gasteiger partial charge in [-0.15, -0.1) is 0 Å². The minimum absolute atomic E-state index is 0.648. The first kappa shape index (κ1) is 10.2. The molecule has 1 aliphatic heterocycles. The molecule has 0 saturated carbocycles. The summed E-state index contributed by atoms with van der Waals surface area (Å²) >= 11 is 0. The smallest absolute Gasteiger partial charge is 0.388 e. The van der Waals surface area contributed by atoms with Gasteiger partial charge in [0.1, 0.15) is 0 Å². The van der Waals surface area contributed by atoms with Crippen molar-refractivity contribution >= 4 is 9.45 Å². The summed E-state index contributed by atoms with van der Waals surface area (Å²) in [5, 5.41) is 0. The molecular formula is C8H19NO2Si. The summed E-state index contributed by atoms with van der Waals surface area (Å²) < 4.78 is 13.1. The van der Waals surface area contributed by atoms with Crippen molar-refractivity contribution in [2.45, 2.75) is 32.2 Å². The van der Waals surface area contributed by atoms with E-state index in [1.807, 2.05) is 0 Å². The molecular weight excluding hydrogens is 170 g/mol. The van der Waals surface area contributed by atoms with E-state index >= 15 is 0 Å². The second-order valence-electron chi connectivity index (χ2n) is 3.36. The van der Waals surface area contributed by atoms with Crippen LogP contribution in [-0.2, 0) is 8.85 Å². The summed E-state index contributed by atoms with van der Waals surface area (Å²) in [4.78, 5) is 0. The van der Waals surface area contributed by atoms with Gasteiger partial charge in [-0.3, -0.25) is 4.57 Å². The molecule has 0 bridgehead atoms. The molecule has 1 heterocycles. The molecule has 1 aliphatic rings. The van der Waals surface area contributed by atoms with Crippen molar-refractivity contribution in [3.63, 3.8) is 0 Å². The number of hydrogen-bond donors (Lipinski definition) is 0. The number of nitrogens with zero attached hydrogens (tertiary/aromatic N) is 1. The summed E-state index contributed by atoms with van der Waals surface area (Å²) in [7, 11) is 2.01. The summed E-state index contributed by atoms with van der Waals surface area (Å²) in [5.41, 5.74) is 0. The lowest BCUT2D eigenvalue weighted by molar-refractivity contribution is 0.151. The first-order chi connectivity index (χ1) is 5.79. The van der Waals surface area contributed by atoms with Crippen LogP contribution in [0.5, 0.6) is 0 Å². The lowest BCUT2D eigenvalue weighted by Gasteiger charge is -2.36. The predicted molar refractivity (Wildman–Crippen MR) is 51.2 cm³/mol. The summed E-state index contributed by atoms with van der Waals surface area (Å²) in [6, 6.07) is 0.648. The van der Waals surface area contributed by atoms with E-state index in [0.29, 0.717) is 6.04 Å². The van der Waals surface area contributed by atoms with Crippen molar-refractivity contribution in [3.8, 4) is 0 Å². The van der Waals surface area contributed by atoms with Gasteiger partial charge in [-0.05, 0) is 19.4 Å². The third-order valence-corrected chi connectivity index (χ3v) is 4.64. The number of hydrogen-bond acceptors (Lipinski definition) is 3. The van der Waals surface area contributed by atoms with Crippen LogP contribution in [-0.4, -0.2) is 40.8 Å². The van der Waals surface area contributed by atoms with Crippen molar-refractivity contribution in [2.75, 3.05) is 20.8 Å². The Morgan fingerprint density at radius 2 is 1.92 bits per heavy atom. The van der Waals surface area contributed by atoms with Crippen LogP contribution in [0.15, 0.2) is 0 Å². The molecule has 3 nitrogen and oxygen atoms in total. The van der Waals surface area contributed by atoms with Crippen LogP contribution < -0.4 is 0 Å². The third-order valence-electron chi connectivity index (χ3n) is 2.53. The Morgan fingerprint density at radius 3 is 2.42 bits per heavy atom. The van der Waals surface area contributed by atoms with Crippen LogP contribution in [0.2, 0.25) is 0 Å². The highest BCUT2D eigenvalue weighted by atomic mass is 28.3. The molecule has 1 saturated heterocycles. The van der Waals surface area contributed by atoms with E-state index < -0.39 is 9.45 Å². The second kappa shape index (κ2) is 4.96. The van der Waals surface area contributed by atoms with E-state index in [-0.39, 0.29) is 0 Å². The van der Waals surface area contributed by atoms with Gasteiger partial charge in [0.15, 0.2) is 0 Å². The highest BCUT2D eigenvalue weighted by molar-refractivity contribution is 6.41. The zero-order chi connectivity index (χ0) is 8.97. The lowest BCUT2D eigenvalue weighted by atomic mass is 10.1. The zero-order valence-corrected chi connectivity index (χ0v) is 9.40. The minimum atomic E-state index is -1.50. The van der Waals surface area contributed by atoms with E-state index in [2.05, 4.69) is 11.5 Å². The van der Waals surface area contributed by atoms with Crippen LogP contribution in [0.1, 0.15) is 26.2 Å². The van der Waals surface area contributed by atoms with Gasteiger partial charge in [0.05, 0.1) is 0 Å². The van der Waals surface area contributed by atoms with Crippen LogP contribution in [0.4, 0.5) is 0 Å². The Balaban J connectivity index is 2.45. The zero-order valence-electron chi connectivity index (χ0n) is 8.25. The molecule has 72 valence electrons. The van der Waals surface area contributed by atoms with Gasteiger partial charge in [0, 0.05) is 20.3 Å². The topological polar surface area (TPSA) is 21.7 Å². The summed E-state index contributed by atoms with van der Waals surface area (Å²) in [6.45, 7) is 3.41. The van der Waals surface area contributed by atoms with Crippen molar-refractivity contribution < 1.29 is 8.85 Å². The Labute approximate surface area is 76.6 Å². The van der Waals surface area contributed by atoms with Crippen molar-refractivity contribution in [1.82, 2.24) is 4.57 Å². The Kier molecular flexibility index (Phi) is 4.21. The molecule has 0 spiro atoms. The molecule has 12 heavy (non-hydrogen) atoms. The fourth-order valence-electron chi connectivity index (χ4n) is 1.80. The summed E-state index contributed by atoms with van der Waals surface area (Å²) in [6.07, 6.45) is 3.93. The fourth-order valence-corrected chi connectivity index (χ4v) is 3.49. The maximum Gasteiger partial charge on any atom is 0.410 e. The van der Waals surface area contributed by atoms with E-state index in [9.17, 15) is 0 Å². The van der Waals surface area contributed by atoms with E-state index in [4.69, 9.17) is 8.85 Å². The average Bonchev–Trinajstić information content (AvgIpc) is 2.10. The predicted octanol–water partition coefficient (Wildman–Crippen LogP) is 0.871. The van der Waals surface area contributed by atoms with Gasteiger partial charge >= 0.3 is 9.45 Å². The maximum atomic E-state index is 5.35.